The van der Waals surface area contributed by atoms with Crippen LogP contribution < -0.4 is 9.62 Å². The summed E-state index contributed by atoms with van der Waals surface area (Å²) in [5, 5.41) is 3.84. The van der Waals surface area contributed by atoms with Crippen molar-refractivity contribution in [2.24, 2.45) is 0 Å². The highest BCUT2D eigenvalue weighted by atomic mass is 79.9. The minimum atomic E-state index is -4.16. The van der Waals surface area contributed by atoms with Crippen LogP contribution in [0, 0.1) is 6.92 Å². The van der Waals surface area contributed by atoms with Crippen LogP contribution in [-0.2, 0) is 26.2 Å². The van der Waals surface area contributed by atoms with Gasteiger partial charge in [0.15, 0.2) is 0 Å². The Balaban J connectivity index is 1.73. The zero-order chi connectivity index (χ0) is 31.1. The maximum atomic E-state index is 14.3. The van der Waals surface area contributed by atoms with Crippen molar-refractivity contribution in [3.05, 3.63) is 92.4 Å². The van der Waals surface area contributed by atoms with Crippen molar-refractivity contribution >= 4 is 66.7 Å². The van der Waals surface area contributed by atoms with E-state index in [4.69, 9.17) is 23.2 Å². The second kappa shape index (κ2) is 14.9. The fourth-order valence-electron chi connectivity index (χ4n) is 5.29. The van der Waals surface area contributed by atoms with Crippen LogP contribution in [0.15, 0.2) is 76.1 Å². The molecule has 0 heterocycles. The van der Waals surface area contributed by atoms with Gasteiger partial charge in [-0.1, -0.05) is 89.1 Å². The second-order valence-corrected chi connectivity index (χ2v) is 14.4. The summed E-state index contributed by atoms with van der Waals surface area (Å²) >= 11 is 16.4. The summed E-state index contributed by atoms with van der Waals surface area (Å²) in [4.78, 5) is 29.4. The number of benzene rings is 3. The molecule has 230 valence electrons. The van der Waals surface area contributed by atoms with Gasteiger partial charge in [0, 0.05) is 32.7 Å². The van der Waals surface area contributed by atoms with E-state index < -0.39 is 28.5 Å². The molecule has 1 N–H and O–H groups in total. The van der Waals surface area contributed by atoms with Gasteiger partial charge in [0.1, 0.15) is 12.6 Å². The first-order valence-electron chi connectivity index (χ1n) is 14.4. The largest absolute Gasteiger partial charge is 0.352 e. The fraction of sp³-hybridized carbons (Fsp3) is 0.375. The monoisotopic (exact) mass is 707 g/mol. The van der Waals surface area contributed by atoms with Gasteiger partial charge in [-0.15, -0.1) is 0 Å². The maximum absolute atomic E-state index is 14.3. The zero-order valence-corrected chi connectivity index (χ0v) is 28.1. The van der Waals surface area contributed by atoms with Gasteiger partial charge in [-0.05, 0) is 74.7 Å². The molecule has 3 aromatic carbocycles. The average molecular weight is 710 g/mol. The first-order chi connectivity index (χ1) is 20.5. The summed E-state index contributed by atoms with van der Waals surface area (Å²) in [6.45, 7) is 3.10. The lowest BCUT2D eigenvalue weighted by Gasteiger charge is -2.34. The molecule has 0 radical (unpaired) electrons. The lowest BCUT2D eigenvalue weighted by molar-refractivity contribution is -0.140. The molecule has 1 aliphatic rings. The fourth-order valence-corrected chi connectivity index (χ4v) is 7.49. The molecule has 3 aromatic rings. The molecule has 1 atom stereocenters. The molecule has 1 aliphatic carbocycles. The Morgan fingerprint density at radius 2 is 1.56 bits per heavy atom. The van der Waals surface area contributed by atoms with Gasteiger partial charge in [0.2, 0.25) is 11.8 Å². The quantitative estimate of drug-likeness (QED) is 0.223. The minimum Gasteiger partial charge on any atom is -0.352 e. The minimum absolute atomic E-state index is 0.0392. The van der Waals surface area contributed by atoms with Crippen LogP contribution in [0.4, 0.5) is 5.69 Å². The van der Waals surface area contributed by atoms with Crippen molar-refractivity contribution < 1.29 is 18.0 Å². The Morgan fingerprint density at radius 3 is 2.14 bits per heavy atom. The Hall–Kier alpha value is -2.59. The van der Waals surface area contributed by atoms with Crippen molar-refractivity contribution in [3.8, 4) is 0 Å². The predicted octanol–water partition coefficient (Wildman–Crippen LogP) is 7.52. The van der Waals surface area contributed by atoms with Crippen molar-refractivity contribution in [1.29, 1.82) is 0 Å². The summed E-state index contributed by atoms with van der Waals surface area (Å²) in [5.74, 6) is -0.831. The van der Waals surface area contributed by atoms with E-state index >= 15 is 0 Å². The molecule has 4 rings (SSSR count). The molecule has 0 unspecified atom stereocenters. The number of aryl methyl sites for hydroxylation is 1. The number of hydrogen-bond donors (Lipinski definition) is 1. The summed E-state index contributed by atoms with van der Waals surface area (Å²) < 4.78 is 29.9. The average Bonchev–Trinajstić information content (AvgIpc) is 2.98. The third-order valence-corrected chi connectivity index (χ3v) is 10.8. The van der Waals surface area contributed by atoms with Crippen LogP contribution in [0.25, 0.3) is 0 Å². The topological polar surface area (TPSA) is 86.8 Å². The summed E-state index contributed by atoms with van der Waals surface area (Å²) in [7, 11) is -4.16. The van der Waals surface area contributed by atoms with Gasteiger partial charge in [-0.25, -0.2) is 8.42 Å². The van der Waals surface area contributed by atoms with Gasteiger partial charge in [-0.3, -0.25) is 13.9 Å². The van der Waals surface area contributed by atoms with Crippen LogP contribution >= 0.6 is 39.1 Å². The van der Waals surface area contributed by atoms with E-state index in [1.165, 1.54) is 17.0 Å². The number of amides is 2. The Kier molecular flexibility index (Phi) is 11.6. The number of rotatable bonds is 11. The number of carbonyl (C=O) groups is 2. The van der Waals surface area contributed by atoms with E-state index in [1.807, 2.05) is 13.8 Å². The molecule has 1 fully saturated rings. The van der Waals surface area contributed by atoms with Crippen LogP contribution in [-0.4, -0.2) is 43.8 Å². The van der Waals surface area contributed by atoms with E-state index in [2.05, 4.69) is 21.2 Å². The van der Waals surface area contributed by atoms with E-state index in [-0.39, 0.29) is 23.4 Å². The van der Waals surface area contributed by atoms with Gasteiger partial charge in [0.25, 0.3) is 10.0 Å². The van der Waals surface area contributed by atoms with Gasteiger partial charge >= 0.3 is 0 Å². The molecule has 0 spiro atoms. The number of carbonyl (C=O) groups excluding carboxylic acids is 2. The molecule has 1 saturated carbocycles. The molecular weight excluding hydrogens is 673 g/mol. The van der Waals surface area contributed by atoms with E-state index in [0.717, 1.165) is 46.4 Å². The molecule has 0 saturated heterocycles. The molecule has 0 aliphatic heterocycles. The Morgan fingerprint density at radius 1 is 0.953 bits per heavy atom. The lowest BCUT2D eigenvalue weighted by Crippen LogP contribution is -2.54. The van der Waals surface area contributed by atoms with Crippen molar-refractivity contribution in [2.75, 3.05) is 10.8 Å². The highest BCUT2D eigenvalue weighted by molar-refractivity contribution is 9.10. The molecule has 0 bridgehead atoms. The third-order valence-electron chi connectivity index (χ3n) is 7.73. The molecule has 11 heteroatoms. The highest BCUT2D eigenvalue weighted by Crippen LogP contribution is 2.29. The second-order valence-electron chi connectivity index (χ2n) is 10.8. The van der Waals surface area contributed by atoms with Crippen molar-refractivity contribution in [2.45, 2.75) is 75.9 Å². The van der Waals surface area contributed by atoms with E-state index in [0.29, 0.717) is 27.7 Å². The molecule has 0 aromatic heterocycles. The molecular formula is C32H36BrCl2N3O4S. The smallest absolute Gasteiger partial charge is 0.264 e. The number of halogens is 3. The van der Waals surface area contributed by atoms with E-state index in [1.54, 1.807) is 54.6 Å². The van der Waals surface area contributed by atoms with Crippen LogP contribution in [0.1, 0.15) is 56.6 Å². The first-order valence-corrected chi connectivity index (χ1v) is 17.4. The van der Waals surface area contributed by atoms with Crippen molar-refractivity contribution in [1.82, 2.24) is 10.2 Å². The maximum Gasteiger partial charge on any atom is 0.264 e. The number of nitrogens with zero attached hydrogens (tertiary/aromatic N) is 2. The Bertz CT molecular complexity index is 1510. The lowest BCUT2D eigenvalue weighted by atomic mass is 9.95. The third kappa shape index (κ3) is 8.32. The zero-order valence-electron chi connectivity index (χ0n) is 24.2. The summed E-state index contributed by atoms with van der Waals surface area (Å²) in [6.07, 6.45) is 5.31. The van der Waals surface area contributed by atoms with Gasteiger partial charge in [0.05, 0.1) is 10.6 Å². The van der Waals surface area contributed by atoms with Crippen LogP contribution in [0.3, 0.4) is 0 Å². The summed E-state index contributed by atoms with van der Waals surface area (Å²) in [5.41, 5.74) is 1.70. The normalized spacial score (nSPS) is 14.6. The number of sulfonamides is 1. The number of nitrogens with one attached hydrogen (secondary N) is 1. The van der Waals surface area contributed by atoms with E-state index in [9.17, 15) is 18.0 Å². The van der Waals surface area contributed by atoms with Crippen LogP contribution in [0.2, 0.25) is 10.0 Å². The predicted molar refractivity (Wildman–Crippen MR) is 176 cm³/mol. The highest BCUT2D eigenvalue weighted by Gasteiger charge is 2.35. The Labute approximate surface area is 272 Å². The number of hydrogen-bond acceptors (Lipinski definition) is 4. The molecule has 43 heavy (non-hydrogen) atoms. The summed E-state index contributed by atoms with van der Waals surface area (Å²) in [6, 6.07) is 17.4. The van der Waals surface area contributed by atoms with Gasteiger partial charge in [-0.2, -0.15) is 0 Å². The van der Waals surface area contributed by atoms with Crippen LogP contribution in [0.5, 0.6) is 0 Å². The molecule has 7 nitrogen and oxygen atoms in total. The standard InChI is InChI=1S/C32H36BrCl2N3O4S/c1-3-30(32(40)36-24-8-5-4-6-9-24)37(20-27-28(34)10-7-11-29(27)35)31(39)21-38(25-16-14-23(33)15-17-25)43(41,42)26-18-12-22(2)13-19-26/h7,10-19,24,30H,3-6,8-9,20-21H2,1-2H3,(H,36,40)/t30-/m0/s1. The first kappa shape index (κ1) is 33.3. The van der Waals surface area contributed by atoms with Gasteiger partial charge < -0.3 is 10.2 Å². The van der Waals surface area contributed by atoms with Crippen molar-refractivity contribution in [3.63, 3.8) is 0 Å². The molecule has 2 amide bonds. The number of anilines is 1. The SMILES string of the molecule is CC[C@@H](C(=O)NC1CCCCC1)N(Cc1c(Cl)cccc1Cl)C(=O)CN(c1ccc(Br)cc1)S(=O)(=O)c1ccc(C)cc1.